The summed E-state index contributed by atoms with van der Waals surface area (Å²) in [5.41, 5.74) is -0.607. The van der Waals surface area contributed by atoms with Gasteiger partial charge in [0.2, 0.25) is 5.91 Å². The topological polar surface area (TPSA) is 66.4 Å². The Balaban J connectivity index is 2.06. The van der Waals surface area contributed by atoms with E-state index in [1.807, 2.05) is 0 Å². The van der Waals surface area contributed by atoms with E-state index in [4.69, 9.17) is 0 Å². The molecule has 4 nitrogen and oxygen atoms in total. The smallest absolute Gasteiger partial charge is 0.416 e. The van der Waals surface area contributed by atoms with E-state index in [-0.39, 0.29) is 23.8 Å². The van der Waals surface area contributed by atoms with Gasteiger partial charge in [-0.2, -0.15) is 13.2 Å². The van der Waals surface area contributed by atoms with Gasteiger partial charge in [-0.3, -0.25) is 4.79 Å². The number of alkyl halides is 3. The lowest BCUT2D eigenvalue weighted by molar-refractivity contribution is -0.142. The molecule has 0 saturated heterocycles. The Bertz CT molecular complexity index is 595. The molecule has 1 saturated carbocycles. The minimum absolute atomic E-state index is 0.183. The average molecular weight is 343 g/mol. The van der Waals surface area contributed by atoms with Gasteiger partial charge in [0.25, 0.3) is 0 Å². The number of hydrogen-bond donors (Lipinski definition) is 2. The summed E-state index contributed by atoms with van der Waals surface area (Å²) in [6.07, 6.45) is -0.287. The van der Waals surface area contributed by atoms with Crippen LogP contribution in [0.25, 0.3) is 0 Å². The number of carbonyl (C=O) groups excluding carboxylic acids is 1. The zero-order valence-electron chi connectivity index (χ0n) is 13.1. The molecule has 1 aliphatic rings. The molecule has 0 radical (unpaired) electrons. The van der Waals surface area contributed by atoms with Crippen molar-refractivity contribution in [2.45, 2.75) is 50.7 Å². The summed E-state index contributed by atoms with van der Waals surface area (Å²) in [6, 6.07) is 3.28. The molecule has 1 aromatic carbocycles. The fraction of sp³-hybridized carbons (Fsp3) is 0.529. The summed E-state index contributed by atoms with van der Waals surface area (Å²) >= 11 is 0. The van der Waals surface area contributed by atoms with E-state index >= 15 is 0 Å². The van der Waals surface area contributed by atoms with Crippen molar-refractivity contribution in [2.75, 3.05) is 0 Å². The van der Waals surface area contributed by atoms with E-state index in [1.165, 1.54) is 12.1 Å². The number of carboxylic acids is 1. The van der Waals surface area contributed by atoms with Crippen molar-refractivity contribution < 1.29 is 27.9 Å². The first-order valence-corrected chi connectivity index (χ1v) is 7.96. The van der Waals surface area contributed by atoms with Crippen molar-refractivity contribution in [3.05, 3.63) is 35.4 Å². The number of aliphatic carboxylic acids is 1. The fourth-order valence-electron chi connectivity index (χ4n) is 2.96. The predicted molar refractivity (Wildman–Crippen MR) is 81.3 cm³/mol. The van der Waals surface area contributed by atoms with Crippen molar-refractivity contribution in [3.63, 3.8) is 0 Å². The molecule has 132 valence electrons. The van der Waals surface area contributed by atoms with Crippen molar-refractivity contribution >= 4 is 11.9 Å². The molecule has 1 aliphatic carbocycles. The van der Waals surface area contributed by atoms with Gasteiger partial charge in [0.05, 0.1) is 5.56 Å². The highest BCUT2D eigenvalue weighted by Gasteiger charge is 2.31. The number of rotatable bonds is 5. The lowest BCUT2D eigenvalue weighted by atomic mass is 9.88. The van der Waals surface area contributed by atoms with Crippen LogP contribution in [0.4, 0.5) is 13.2 Å². The number of hydrogen-bond acceptors (Lipinski definition) is 2. The van der Waals surface area contributed by atoms with E-state index in [0.717, 1.165) is 44.2 Å². The van der Waals surface area contributed by atoms with Crippen LogP contribution < -0.4 is 5.32 Å². The monoisotopic (exact) mass is 343 g/mol. The largest absolute Gasteiger partial charge is 0.480 e. The predicted octanol–water partition coefficient (Wildman–Crippen LogP) is 3.40. The first kappa shape index (κ1) is 18.3. The zero-order valence-corrected chi connectivity index (χ0v) is 13.1. The van der Waals surface area contributed by atoms with Gasteiger partial charge < -0.3 is 10.4 Å². The minimum Gasteiger partial charge on any atom is -0.480 e. The van der Waals surface area contributed by atoms with Gasteiger partial charge in [-0.15, -0.1) is 0 Å². The quantitative estimate of drug-likeness (QED) is 0.861. The first-order chi connectivity index (χ1) is 11.3. The molecule has 1 fully saturated rings. The summed E-state index contributed by atoms with van der Waals surface area (Å²) < 4.78 is 38.2. The Kier molecular flexibility index (Phi) is 5.85. The molecule has 1 aromatic rings. The van der Waals surface area contributed by atoms with Crippen LogP contribution in [0.1, 0.15) is 43.2 Å². The molecule has 0 aliphatic heterocycles. The van der Waals surface area contributed by atoms with Gasteiger partial charge in [-0.05, 0) is 24.5 Å². The Morgan fingerprint density at radius 3 is 2.46 bits per heavy atom. The van der Waals surface area contributed by atoms with E-state index in [9.17, 15) is 27.9 Å². The zero-order chi connectivity index (χ0) is 17.7. The van der Waals surface area contributed by atoms with Gasteiger partial charge >= 0.3 is 12.1 Å². The second kappa shape index (κ2) is 7.68. The lowest BCUT2D eigenvalue weighted by Crippen LogP contribution is -2.45. The summed E-state index contributed by atoms with van der Waals surface area (Å²) in [6.45, 7) is 0. The van der Waals surface area contributed by atoms with Crippen LogP contribution in [0.2, 0.25) is 0 Å². The summed E-state index contributed by atoms with van der Waals surface area (Å²) in [7, 11) is 0. The van der Waals surface area contributed by atoms with Gasteiger partial charge in [0.15, 0.2) is 0 Å². The highest BCUT2D eigenvalue weighted by molar-refractivity contribution is 5.85. The maximum Gasteiger partial charge on any atom is 0.416 e. The molecule has 0 heterocycles. The number of amides is 1. The number of carbonyl (C=O) groups is 2. The Labute approximate surface area is 138 Å². The SMILES string of the molecule is O=C(N[C@H](Cc1cccc(C(F)(F)F)c1)C(=O)O)C1CCCCC1. The highest BCUT2D eigenvalue weighted by atomic mass is 19.4. The van der Waals surface area contributed by atoms with Crippen molar-refractivity contribution in [2.24, 2.45) is 5.92 Å². The fourth-order valence-corrected chi connectivity index (χ4v) is 2.96. The van der Waals surface area contributed by atoms with Crippen LogP contribution in [0, 0.1) is 5.92 Å². The second-order valence-corrected chi connectivity index (χ2v) is 6.14. The van der Waals surface area contributed by atoms with Crippen LogP contribution in [-0.4, -0.2) is 23.0 Å². The van der Waals surface area contributed by atoms with Crippen LogP contribution in [-0.2, 0) is 22.2 Å². The van der Waals surface area contributed by atoms with Crippen LogP contribution in [0.15, 0.2) is 24.3 Å². The number of benzene rings is 1. The molecular formula is C17H20F3NO3. The Hall–Kier alpha value is -2.05. The van der Waals surface area contributed by atoms with Gasteiger partial charge in [0, 0.05) is 12.3 Å². The second-order valence-electron chi connectivity index (χ2n) is 6.14. The molecule has 2 rings (SSSR count). The van der Waals surface area contributed by atoms with Gasteiger partial charge in [-0.1, -0.05) is 37.5 Å². The third-order valence-electron chi connectivity index (χ3n) is 4.28. The van der Waals surface area contributed by atoms with Gasteiger partial charge in [0.1, 0.15) is 6.04 Å². The number of halogens is 3. The molecule has 0 aromatic heterocycles. The lowest BCUT2D eigenvalue weighted by Gasteiger charge is -2.23. The molecule has 0 spiro atoms. The Morgan fingerprint density at radius 1 is 1.21 bits per heavy atom. The Morgan fingerprint density at radius 2 is 1.88 bits per heavy atom. The number of carboxylic acid groups (broad SMARTS) is 1. The van der Waals surface area contributed by atoms with E-state index in [1.54, 1.807) is 0 Å². The molecule has 24 heavy (non-hydrogen) atoms. The highest BCUT2D eigenvalue weighted by Crippen LogP contribution is 2.30. The summed E-state index contributed by atoms with van der Waals surface area (Å²) in [5.74, 6) is -1.78. The van der Waals surface area contributed by atoms with Gasteiger partial charge in [-0.25, -0.2) is 4.79 Å². The van der Waals surface area contributed by atoms with Crippen LogP contribution >= 0.6 is 0 Å². The summed E-state index contributed by atoms with van der Waals surface area (Å²) in [4.78, 5) is 23.5. The normalized spacial score (nSPS) is 17.3. The minimum atomic E-state index is -4.49. The number of nitrogens with one attached hydrogen (secondary N) is 1. The maximum atomic E-state index is 12.7. The van der Waals surface area contributed by atoms with E-state index < -0.39 is 23.8 Å². The van der Waals surface area contributed by atoms with E-state index in [0.29, 0.717) is 0 Å². The van der Waals surface area contributed by atoms with Crippen molar-refractivity contribution in [1.82, 2.24) is 5.32 Å². The van der Waals surface area contributed by atoms with E-state index in [2.05, 4.69) is 5.32 Å². The average Bonchev–Trinajstić information content (AvgIpc) is 2.54. The molecule has 7 heteroatoms. The third-order valence-corrected chi connectivity index (χ3v) is 4.28. The molecular weight excluding hydrogens is 323 g/mol. The molecule has 0 bridgehead atoms. The molecule has 1 amide bonds. The summed E-state index contributed by atoms with van der Waals surface area (Å²) in [5, 5.41) is 11.7. The molecule has 2 N–H and O–H groups in total. The van der Waals surface area contributed by atoms with Crippen LogP contribution in [0.5, 0.6) is 0 Å². The van der Waals surface area contributed by atoms with Crippen molar-refractivity contribution in [3.8, 4) is 0 Å². The molecule has 1 atom stereocenters. The molecule has 0 unspecified atom stereocenters. The third kappa shape index (κ3) is 4.97. The van der Waals surface area contributed by atoms with Crippen molar-refractivity contribution in [1.29, 1.82) is 0 Å². The van der Waals surface area contributed by atoms with Crippen LogP contribution in [0.3, 0.4) is 0 Å². The standard InChI is InChI=1S/C17H20F3NO3/c18-17(19,20)13-8-4-5-11(9-13)10-14(16(23)24)21-15(22)12-6-2-1-3-7-12/h4-5,8-9,12,14H,1-3,6-7,10H2,(H,21,22)(H,23,24)/t14-/m1/s1. The maximum absolute atomic E-state index is 12.7. The first-order valence-electron chi connectivity index (χ1n) is 7.96.